The fourth-order valence-electron chi connectivity index (χ4n) is 2.54. The lowest BCUT2D eigenvalue weighted by Gasteiger charge is -2.10. The van der Waals surface area contributed by atoms with Gasteiger partial charge in [0.25, 0.3) is 5.91 Å². The Labute approximate surface area is 167 Å². The number of nitrogens with zero attached hydrogens (tertiary/aromatic N) is 2. The summed E-state index contributed by atoms with van der Waals surface area (Å²) in [5.41, 5.74) is 2.28. The molecule has 0 saturated carbocycles. The predicted octanol–water partition coefficient (Wildman–Crippen LogP) is 4.45. The quantitative estimate of drug-likeness (QED) is 0.638. The molecule has 0 aliphatic carbocycles. The van der Waals surface area contributed by atoms with E-state index in [1.807, 2.05) is 19.1 Å². The van der Waals surface area contributed by atoms with Crippen molar-refractivity contribution >= 4 is 34.8 Å². The zero-order valence-corrected chi connectivity index (χ0v) is 16.4. The molecular weight excluding hydrogens is 380 g/mol. The number of rotatable bonds is 6. The van der Waals surface area contributed by atoms with Crippen molar-refractivity contribution in [3.05, 3.63) is 64.7 Å². The maximum Gasteiger partial charge on any atom is 0.257 e. The summed E-state index contributed by atoms with van der Waals surface area (Å²) in [6.07, 6.45) is 0. The number of aromatic nitrogens is 2. The molecule has 28 heavy (non-hydrogen) atoms. The number of aryl methyl sites for hydroxylation is 1. The minimum absolute atomic E-state index is 0.329. The first-order valence-electron chi connectivity index (χ1n) is 8.40. The van der Waals surface area contributed by atoms with Crippen LogP contribution >= 0.6 is 11.6 Å². The van der Waals surface area contributed by atoms with Gasteiger partial charge in [0.15, 0.2) is 23.1 Å². The van der Waals surface area contributed by atoms with Crippen LogP contribution in [0.3, 0.4) is 0 Å². The molecule has 8 heteroatoms. The molecule has 1 heterocycles. The molecule has 7 nitrogen and oxygen atoms in total. The molecule has 0 unspecified atom stereocenters. The first kappa shape index (κ1) is 19.4. The van der Waals surface area contributed by atoms with Crippen molar-refractivity contribution in [1.82, 2.24) is 10.2 Å². The Morgan fingerprint density at radius 2 is 1.64 bits per heavy atom. The van der Waals surface area contributed by atoms with E-state index in [1.165, 1.54) is 14.2 Å². The lowest BCUT2D eigenvalue weighted by Crippen LogP contribution is -2.13. The number of hydrogen-bond acceptors (Lipinski definition) is 6. The molecule has 0 spiro atoms. The van der Waals surface area contributed by atoms with Gasteiger partial charge in [0.1, 0.15) is 0 Å². The predicted molar refractivity (Wildman–Crippen MR) is 109 cm³/mol. The lowest BCUT2D eigenvalue weighted by molar-refractivity contribution is 0.102. The van der Waals surface area contributed by atoms with E-state index < -0.39 is 0 Å². The minimum Gasteiger partial charge on any atom is -0.493 e. The second-order valence-corrected chi connectivity index (χ2v) is 6.35. The van der Waals surface area contributed by atoms with E-state index in [1.54, 1.807) is 36.4 Å². The number of anilines is 3. The first-order valence-corrected chi connectivity index (χ1v) is 8.78. The summed E-state index contributed by atoms with van der Waals surface area (Å²) in [5.74, 6) is 1.57. The van der Waals surface area contributed by atoms with Crippen LogP contribution in [0.15, 0.2) is 48.5 Å². The monoisotopic (exact) mass is 398 g/mol. The molecule has 0 atom stereocenters. The maximum absolute atomic E-state index is 12.4. The van der Waals surface area contributed by atoms with Gasteiger partial charge in [-0.1, -0.05) is 11.6 Å². The van der Waals surface area contributed by atoms with Gasteiger partial charge in [0, 0.05) is 16.3 Å². The highest BCUT2D eigenvalue weighted by molar-refractivity contribution is 6.30. The summed E-state index contributed by atoms with van der Waals surface area (Å²) in [5, 5.41) is 14.7. The van der Waals surface area contributed by atoms with Gasteiger partial charge in [-0.15, -0.1) is 10.2 Å². The highest BCUT2D eigenvalue weighted by atomic mass is 35.5. The summed E-state index contributed by atoms with van der Waals surface area (Å²) in [4.78, 5) is 12.4. The number of hydrogen-bond donors (Lipinski definition) is 2. The van der Waals surface area contributed by atoms with E-state index in [9.17, 15) is 4.79 Å². The molecule has 2 aromatic carbocycles. The van der Waals surface area contributed by atoms with Crippen molar-refractivity contribution in [1.29, 1.82) is 0 Å². The molecule has 2 N–H and O–H groups in total. The average molecular weight is 399 g/mol. The summed E-state index contributed by atoms with van der Waals surface area (Å²) in [6, 6.07) is 13.8. The maximum atomic E-state index is 12.4. The fourth-order valence-corrected chi connectivity index (χ4v) is 2.76. The largest absolute Gasteiger partial charge is 0.493 e. The fraction of sp³-hybridized carbons (Fsp3) is 0.150. The van der Waals surface area contributed by atoms with Gasteiger partial charge in [-0.2, -0.15) is 0 Å². The van der Waals surface area contributed by atoms with Crippen LogP contribution in [-0.4, -0.2) is 30.3 Å². The minimum atomic E-state index is -0.329. The van der Waals surface area contributed by atoms with Crippen molar-refractivity contribution in [3.63, 3.8) is 0 Å². The summed E-state index contributed by atoms with van der Waals surface area (Å²) in [7, 11) is 3.05. The van der Waals surface area contributed by atoms with Crippen LogP contribution in [0.5, 0.6) is 11.5 Å². The Morgan fingerprint density at radius 1 is 0.929 bits per heavy atom. The van der Waals surface area contributed by atoms with Crippen LogP contribution in [0.2, 0.25) is 5.02 Å². The molecule has 0 fully saturated rings. The van der Waals surface area contributed by atoms with Crippen LogP contribution in [0.4, 0.5) is 17.3 Å². The van der Waals surface area contributed by atoms with Crippen molar-refractivity contribution < 1.29 is 14.3 Å². The Balaban J connectivity index is 1.69. The Morgan fingerprint density at radius 3 is 2.29 bits per heavy atom. The molecule has 0 saturated heterocycles. The zero-order valence-electron chi connectivity index (χ0n) is 15.6. The second kappa shape index (κ2) is 8.58. The molecule has 1 amide bonds. The van der Waals surface area contributed by atoms with Crippen LogP contribution < -0.4 is 20.1 Å². The third kappa shape index (κ3) is 4.50. The molecule has 3 aromatic rings. The molecule has 3 rings (SSSR count). The Bertz CT molecular complexity index is 993. The van der Waals surface area contributed by atoms with E-state index in [2.05, 4.69) is 20.8 Å². The molecule has 0 radical (unpaired) electrons. The number of methoxy groups -OCH3 is 2. The third-order valence-corrected chi connectivity index (χ3v) is 4.24. The van der Waals surface area contributed by atoms with Gasteiger partial charge in [0.05, 0.1) is 14.2 Å². The van der Waals surface area contributed by atoms with Gasteiger partial charge >= 0.3 is 0 Å². The SMILES string of the molecule is COc1ccc(C(=O)Nc2ccc(Nc3ccc(Cl)cc3C)nn2)cc1OC. The summed E-state index contributed by atoms with van der Waals surface area (Å²) >= 11 is 5.96. The normalized spacial score (nSPS) is 10.3. The van der Waals surface area contributed by atoms with Crippen LogP contribution in [0, 0.1) is 6.92 Å². The smallest absolute Gasteiger partial charge is 0.257 e. The molecule has 0 aliphatic heterocycles. The Hall–Kier alpha value is -3.32. The van der Waals surface area contributed by atoms with Crippen molar-refractivity contribution in [2.24, 2.45) is 0 Å². The summed E-state index contributed by atoms with van der Waals surface area (Å²) in [6.45, 7) is 1.94. The van der Waals surface area contributed by atoms with Gasteiger partial charge < -0.3 is 20.1 Å². The lowest BCUT2D eigenvalue weighted by atomic mass is 10.2. The second-order valence-electron chi connectivity index (χ2n) is 5.91. The van der Waals surface area contributed by atoms with Crippen LogP contribution in [0.1, 0.15) is 15.9 Å². The Kier molecular flexibility index (Phi) is 5.96. The number of amides is 1. The highest BCUT2D eigenvalue weighted by Gasteiger charge is 2.12. The zero-order chi connectivity index (χ0) is 20.1. The molecular formula is C20H19ClN4O3. The van der Waals surface area contributed by atoms with Crippen molar-refractivity contribution in [3.8, 4) is 11.5 Å². The van der Waals surface area contributed by atoms with Crippen LogP contribution in [-0.2, 0) is 0 Å². The number of carbonyl (C=O) groups is 1. The molecule has 144 valence electrons. The number of carbonyl (C=O) groups excluding carboxylic acids is 1. The van der Waals surface area contributed by atoms with E-state index >= 15 is 0 Å². The number of ether oxygens (including phenoxy) is 2. The molecule has 0 bridgehead atoms. The van der Waals surface area contributed by atoms with Crippen molar-refractivity contribution in [2.75, 3.05) is 24.9 Å². The van der Waals surface area contributed by atoms with E-state index in [-0.39, 0.29) is 5.91 Å². The van der Waals surface area contributed by atoms with Gasteiger partial charge in [-0.05, 0) is 61.0 Å². The number of halogens is 1. The summed E-state index contributed by atoms with van der Waals surface area (Å²) < 4.78 is 10.4. The van der Waals surface area contributed by atoms with E-state index in [0.717, 1.165) is 11.3 Å². The van der Waals surface area contributed by atoms with E-state index in [0.29, 0.717) is 33.7 Å². The van der Waals surface area contributed by atoms with E-state index in [4.69, 9.17) is 21.1 Å². The third-order valence-electron chi connectivity index (χ3n) is 4.00. The highest BCUT2D eigenvalue weighted by Crippen LogP contribution is 2.28. The van der Waals surface area contributed by atoms with Gasteiger partial charge in [-0.25, -0.2) is 0 Å². The number of nitrogens with one attached hydrogen (secondary N) is 2. The standard InChI is InChI=1S/C20H19ClN4O3/c1-12-10-14(21)5-6-15(12)22-18-8-9-19(25-24-18)23-20(26)13-4-7-16(27-2)17(11-13)28-3/h4-11H,1-3H3,(H,22,24)(H,23,25,26). The average Bonchev–Trinajstić information content (AvgIpc) is 2.70. The molecule has 0 aliphatic rings. The molecule has 1 aromatic heterocycles. The van der Waals surface area contributed by atoms with Crippen molar-refractivity contribution in [2.45, 2.75) is 6.92 Å². The number of benzene rings is 2. The first-order chi connectivity index (χ1) is 13.5. The topological polar surface area (TPSA) is 85.4 Å². The van der Waals surface area contributed by atoms with Crippen LogP contribution in [0.25, 0.3) is 0 Å². The van der Waals surface area contributed by atoms with Gasteiger partial charge in [0.2, 0.25) is 0 Å². The van der Waals surface area contributed by atoms with Gasteiger partial charge in [-0.3, -0.25) is 4.79 Å².